The Morgan fingerprint density at radius 1 is 1.02 bits per heavy atom. The Balaban J connectivity index is 1.01. The maximum atomic E-state index is 14.1. The number of thioether (sulfide) groups is 1. The Bertz CT molecular complexity index is 1840. The molecule has 12 heteroatoms. The Kier molecular flexibility index (Phi) is 10.2. The zero-order valence-electron chi connectivity index (χ0n) is 28.4. The highest BCUT2D eigenvalue weighted by Gasteiger charge is 2.42. The lowest BCUT2D eigenvalue weighted by Gasteiger charge is -2.36. The van der Waals surface area contributed by atoms with Crippen molar-refractivity contribution in [1.82, 2.24) is 39.6 Å². The third-order valence-corrected chi connectivity index (χ3v) is 11.0. The van der Waals surface area contributed by atoms with E-state index in [9.17, 15) is 4.79 Å². The van der Waals surface area contributed by atoms with Crippen LogP contribution in [0.1, 0.15) is 48.5 Å². The van der Waals surface area contributed by atoms with Crippen molar-refractivity contribution in [3.05, 3.63) is 90.3 Å². The van der Waals surface area contributed by atoms with E-state index in [0.717, 1.165) is 86.0 Å². The molecule has 256 valence electrons. The highest BCUT2D eigenvalue weighted by Crippen LogP contribution is 2.39. The maximum Gasteiger partial charge on any atom is 0.255 e. The van der Waals surface area contributed by atoms with Crippen LogP contribution in [0, 0.1) is 0 Å². The zero-order valence-corrected chi connectivity index (χ0v) is 29.2. The molecule has 7 rings (SSSR count). The number of nitrogens with one attached hydrogen (secondary N) is 1. The molecular formula is C37H45N9O2S. The topological polar surface area (TPSA) is 106 Å². The van der Waals surface area contributed by atoms with E-state index in [0.29, 0.717) is 31.4 Å². The number of hydrogen-bond acceptors (Lipinski definition) is 9. The summed E-state index contributed by atoms with van der Waals surface area (Å²) < 4.78 is 9.54. The number of rotatable bonds is 13. The van der Waals surface area contributed by atoms with Crippen LogP contribution in [0.15, 0.2) is 84.0 Å². The van der Waals surface area contributed by atoms with Crippen molar-refractivity contribution in [3.63, 3.8) is 0 Å². The number of anilines is 1. The molecule has 0 aliphatic carbocycles. The molecule has 1 amide bonds. The average molecular weight is 680 g/mol. The van der Waals surface area contributed by atoms with E-state index in [1.165, 1.54) is 5.56 Å². The maximum absolute atomic E-state index is 14.1. The van der Waals surface area contributed by atoms with E-state index in [1.807, 2.05) is 37.4 Å². The Morgan fingerprint density at radius 3 is 2.61 bits per heavy atom. The Hall–Kier alpha value is -4.26. The number of hydrogen-bond donors (Lipinski definition) is 1. The molecule has 1 N–H and O–H groups in total. The summed E-state index contributed by atoms with van der Waals surface area (Å²) in [7, 11) is 0. The summed E-state index contributed by atoms with van der Waals surface area (Å²) in [5, 5.41) is 15.3. The van der Waals surface area contributed by atoms with Gasteiger partial charge in [-0.1, -0.05) is 42.5 Å². The molecule has 2 aromatic heterocycles. The van der Waals surface area contributed by atoms with Crippen LogP contribution < -0.4 is 5.32 Å². The van der Waals surface area contributed by atoms with E-state index in [-0.39, 0.29) is 11.3 Å². The Labute approximate surface area is 292 Å². The number of tetrazole rings is 1. The van der Waals surface area contributed by atoms with Gasteiger partial charge in [0.25, 0.3) is 5.91 Å². The molecule has 5 aromatic rings. The molecule has 1 unspecified atom stereocenters. The summed E-state index contributed by atoms with van der Waals surface area (Å²) in [6, 6.07) is 25.4. The number of carbonyl (C=O) groups excluding carboxylic acids is 1. The fourth-order valence-electron chi connectivity index (χ4n) is 7.44. The SMILES string of the molecule is CCOCCn1c(NC2CCN(CCC3(c4ccccc4)CCN(C(=O)c4cc(-n5cnnn5)ccc4SC)C3)CC2)nc2ccccc21. The average Bonchev–Trinajstić information content (AvgIpc) is 3.92. The van der Waals surface area contributed by atoms with E-state index >= 15 is 0 Å². The van der Waals surface area contributed by atoms with Crippen molar-refractivity contribution in [2.75, 3.05) is 57.5 Å². The largest absolute Gasteiger partial charge is 0.380 e. The number of para-hydroxylation sites is 2. The molecule has 2 saturated heterocycles. The number of benzene rings is 3. The van der Waals surface area contributed by atoms with E-state index in [2.05, 4.69) is 83.7 Å². The minimum absolute atomic E-state index is 0.0660. The van der Waals surface area contributed by atoms with Gasteiger partial charge in [0.15, 0.2) is 0 Å². The number of fused-ring (bicyclic) bond motifs is 1. The van der Waals surface area contributed by atoms with Gasteiger partial charge < -0.3 is 24.4 Å². The second-order valence-corrected chi connectivity index (χ2v) is 13.9. The zero-order chi connectivity index (χ0) is 33.6. The second-order valence-electron chi connectivity index (χ2n) is 13.0. The number of amides is 1. The van der Waals surface area contributed by atoms with Crippen molar-refractivity contribution in [3.8, 4) is 5.69 Å². The monoisotopic (exact) mass is 679 g/mol. The summed E-state index contributed by atoms with van der Waals surface area (Å²) in [6.45, 7) is 8.69. The fraction of sp³-hybridized carbons (Fsp3) is 0.432. The molecule has 11 nitrogen and oxygen atoms in total. The minimum atomic E-state index is -0.0929. The molecule has 1 atom stereocenters. The molecule has 0 saturated carbocycles. The van der Waals surface area contributed by atoms with Crippen LogP contribution in [0.25, 0.3) is 16.7 Å². The van der Waals surface area contributed by atoms with Gasteiger partial charge in [0.1, 0.15) is 6.33 Å². The van der Waals surface area contributed by atoms with Crippen LogP contribution in [0.4, 0.5) is 5.95 Å². The first-order valence-corrected chi connectivity index (χ1v) is 18.6. The lowest BCUT2D eigenvalue weighted by Crippen LogP contribution is -2.42. The van der Waals surface area contributed by atoms with Crippen molar-refractivity contribution in [2.24, 2.45) is 0 Å². The standard InChI is InChI=1S/C37H45N9O2S/c1-3-48-24-23-45-33-12-8-7-11-32(33)40-36(45)39-29-15-19-43(20-16-29)21-17-37(28-9-5-4-6-10-28)18-22-44(26-37)35(47)31-25-30(13-14-34(31)49-2)46-27-38-41-42-46/h4-14,25,27,29H,3,15-24,26H2,1-2H3,(H,39,40). The molecule has 2 aliphatic rings. The van der Waals surface area contributed by atoms with Crippen molar-refractivity contribution < 1.29 is 9.53 Å². The molecule has 0 spiro atoms. The molecule has 2 aliphatic heterocycles. The van der Waals surface area contributed by atoms with Crippen LogP contribution in [0.5, 0.6) is 0 Å². The van der Waals surface area contributed by atoms with Gasteiger partial charge in [-0.25, -0.2) is 9.67 Å². The van der Waals surface area contributed by atoms with Gasteiger partial charge in [0.05, 0.1) is 28.9 Å². The number of aromatic nitrogens is 6. The summed E-state index contributed by atoms with van der Waals surface area (Å²) in [5.74, 6) is 1.00. The smallest absolute Gasteiger partial charge is 0.255 e. The van der Waals surface area contributed by atoms with Crippen molar-refractivity contribution >= 4 is 34.7 Å². The van der Waals surface area contributed by atoms with E-state index < -0.39 is 0 Å². The summed E-state index contributed by atoms with van der Waals surface area (Å²) in [4.78, 5) is 24.7. The minimum Gasteiger partial charge on any atom is -0.380 e. The van der Waals surface area contributed by atoms with Crippen LogP contribution in [0.3, 0.4) is 0 Å². The number of piperidine rings is 1. The fourth-order valence-corrected chi connectivity index (χ4v) is 8.02. The first-order chi connectivity index (χ1) is 24.1. The van der Waals surface area contributed by atoms with Gasteiger partial charge in [-0.15, -0.1) is 16.9 Å². The predicted octanol–water partition coefficient (Wildman–Crippen LogP) is 5.52. The summed E-state index contributed by atoms with van der Waals surface area (Å²) in [6.07, 6.45) is 7.64. The summed E-state index contributed by atoms with van der Waals surface area (Å²) >= 11 is 1.59. The number of nitrogens with zero attached hydrogens (tertiary/aromatic N) is 8. The number of ether oxygens (including phenoxy) is 1. The molecule has 49 heavy (non-hydrogen) atoms. The first kappa shape index (κ1) is 33.2. The van der Waals surface area contributed by atoms with E-state index in [4.69, 9.17) is 9.72 Å². The van der Waals surface area contributed by atoms with E-state index in [1.54, 1.807) is 22.8 Å². The van der Waals surface area contributed by atoms with Crippen LogP contribution in [0.2, 0.25) is 0 Å². The van der Waals surface area contributed by atoms with Gasteiger partial charge in [-0.05, 0) is 91.7 Å². The summed E-state index contributed by atoms with van der Waals surface area (Å²) in [5.41, 5.74) is 4.86. The molecule has 0 bridgehead atoms. The van der Waals surface area contributed by atoms with Gasteiger partial charge in [-0.2, -0.15) is 0 Å². The Morgan fingerprint density at radius 2 is 1.84 bits per heavy atom. The highest BCUT2D eigenvalue weighted by atomic mass is 32.2. The number of likely N-dealkylation sites (tertiary alicyclic amines) is 2. The second kappa shape index (κ2) is 15.1. The molecule has 2 fully saturated rings. The van der Waals surface area contributed by atoms with Crippen LogP contribution in [-0.4, -0.2) is 104 Å². The molecular weight excluding hydrogens is 635 g/mol. The van der Waals surface area contributed by atoms with Gasteiger partial charge in [0.2, 0.25) is 5.95 Å². The molecule has 4 heterocycles. The van der Waals surface area contributed by atoms with Crippen LogP contribution >= 0.6 is 11.8 Å². The molecule has 3 aromatic carbocycles. The van der Waals surface area contributed by atoms with Gasteiger partial charge in [-0.3, -0.25) is 4.79 Å². The number of carbonyl (C=O) groups is 1. The van der Waals surface area contributed by atoms with Crippen molar-refractivity contribution in [1.29, 1.82) is 0 Å². The number of imidazole rings is 1. The first-order valence-electron chi connectivity index (χ1n) is 17.3. The quantitative estimate of drug-likeness (QED) is 0.127. The van der Waals surface area contributed by atoms with Gasteiger partial charge >= 0.3 is 0 Å². The third-order valence-electron chi connectivity index (χ3n) is 10.2. The van der Waals surface area contributed by atoms with Crippen molar-refractivity contribution in [2.45, 2.75) is 55.5 Å². The normalized spacial score (nSPS) is 18.8. The lowest BCUT2D eigenvalue weighted by molar-refractivity contribution is 0.0776. The molecule has 0 radical (unpaired) electrons. The lowest BCUT2D eigenvalue weighted by atomic mass is 9.76. The predicted molar refractivity (Wildman–Crippen MR) is 194 cm³/mol. The highest BCUT2D eigenvalue weighted by molar-refractivity contribution is 7.98. The van der Waals surface area contributed by atoms with Gasteiger partial charge in [0, 0.05) is 55.7 Å². The van der Waals surface area contributed by atoms with Crippen LogP contribution in [-0.2, 0) is 16.7 Å². The third kappa shape index (κ3) is 7.22.